The van der Waals surface area contributed by atoms with Crippen LogP contribution in [-0.2, 0) is 9.84 Å². The van der Waals surface area contributed by atoms with Gasteiger partial charge in [-0.3, -0.25) is 0 Å². The molecule has 120 valence electrons. The molecule has 0 aliphatic rings. The van der Waals surface area contributed by atoms with E-state index in [9.17, 15) is 13.5 Å². The maximum atomic E-state index is 12.2. The van der Waals surface area contributed by atoms with Crippen LogP contribution in [0.15, 0.2) is 53.4 Å². The summed E-state index contributed by atoms with van der Waals surface area (Å²) in [6.45, 7) is 1.66. The number of hydrogen-bond acceptors (Lipinski definition) is 5. The molecule has 2 aromatic carbocycles. The first-order valence-corrected chi connectivity index (χ1v) is 8.67. The van der Waals surface area contributed by atoms with Crippen molar-refractivity contribution in [3.63, 3.8) is 0 Å². The van der Waals surface area contributed by atoms with E-state index >= 15 is 0 Å². The Hall–Kier alpha value is -2.36. The molecule has 0 radical (unpaired) electrons. The molecular weight excluding hydrogens is 314 g/mol. The smallest absolute Gasteiger partial charge is 0.181 e. The van der Waals surface area contributed by atoms with E-state index in [1.165, 1.54) is 12.1 Å². The molecule has 0 spiro atoms. The predicted octanol–water partition coefficient (Wildman–Crippen LogP) is 2.08. The van der Waals surface area contributed by atoms with Crippen LogP contribution in [0, 0.1) is 18.3 Å². The Kier molecular flexibility index (Phi) is 5.37. The van der Waals surface area contributed by atoms with E-state index in [-0.39, 0.29) is 11.5 Å². The summed E-state index contributed by atoms with van der Waals surface area (Å²) in [5.41, 5.74) is 1.29. The summed E-state index contributed by atoms with van der Waals surface area (Å²) in [5, 5.41) is 18.9. The van der Waals surface area contributed by atoms with Gasteiger partial charge in [-0.15, -0.1) is 0 Å². The lowest BCUT2D eigenvalue weighted by molar-refractivity contribution is 0.124. The Labute approximate surface area is 135 Å². The summed E-state index contributed by atoms with van der Waals surface area (Å²) in [4.78, 5) is 0.166. The van der Waals surface area contributed by atoms with Gasteiger partial charge in [-0.25, -0.2) is 8.42 Å². The van der Waals surface area contributed by atoms with Gasteiger partial charge in [0.15, 0.2) is 9.84 Å². The van der Waals surface area contributed by atoms with E-state index in [1.54, 1.807) is 36.4 Å². The lowest BCUT2D eigenvalue weighted by Crippen LogP contribution is -2.27. The van der Waals surface area contributed by atoms with Crippen molar-refractivity contribution in [3.05, 3.63) is 59.7 Å². The van der Waals surface area contributed by atoms with Crippen molar-refractivity contribution in [3.8, 4) is 11.8 Å². The highest BCUT2D eigenvalue weighted by atomic mass is 32.2. The predicted molar refractivity (Wildman–Crippen MR) is 85.9 cm³/mol. The first kappa shape index (κ1) is 17.0. The zero-order valence-corrected chi connectivity index (χ0v) is 13.5. The average molecular weight is 331 g/mol. The third-order valence-electron chi connectivity index (χ3n) is 3.23. The molecule has 0 aliphatic carbocycles. The normalized spacial score (nSPS) is 12.4. The van der Waals surface area contributed by atoms with Crippen LogP contribution in [0.3, 0.4) is 0 Å². The van der Waals surface area contributed by atoms with E-state index < -0.39 is 21.7 Å². The Bertz CT molecular complexity index is 807. The van der Waals surface area contributed by atoms with E-state index in [0.29, 0.717) is 11.3 Å². The third kappa shape index (κ3) is 4.55. The van der Waals surface area contributed by atoms with Crippen LogP contribution >= 0.6 is 0 Å². The monoisotopic (exact) mass is 331 g/mol. The van der Waals surface area contributed by atoms with E-state index in [1.807, 2.05) is 13.0 Å². The van der Waals surface area contributed by atoms with Crippen LogP contribution in [0.4, 0.5) is 0 Å². The quantitative estimate of drug-likeness (QED) is 0.875. The number of hydrogen-bond donors (Lipinski definition) is 1. The number of rotatable bonds is 6. The van der Waals surface area contributed by atoms with Crippen LogP contribution in [0.25, 0.3) is 0 Å². The molecule has 23 heavy (non-hydrogen) atoms. The van der Waals surface area contributed by atoms with E-state index in [2.05, 4.69) is 0 Å². The van der Waals surface area contributed by atoms with Gasteiger partial charge in [0.05, 0.1) is 16.2 Å². The van der Waals surface area contributed by atoms with Crippen molar-refractivity contribution in [1.82, 2.24) is 0 Å². The van der Waals surface area contributed by atoms with Crippen LogP contribution in [-0.4, -0.2) is 32.0 Å². The Balaban J connectivity index is 2.00. The Morgan fingerprint density at radius 1 is 1.17 bits per heavy atom. The topological polar surface area (TPSA) is 87.4 Å². The molecule has 0 amide bonds. The molecule has 2 rings (SSSR count). The maximum Gasteiger partial charge on any atom is 0.181 e. The number of aliphatic hydroxyl groups excluding tert-OH is 1. The molecule has 0 fully saturated rings. The number of benzene rings is 2. The first-order valence-electron chi connectivity index (χ1n) is 7.02. The molecule has 0 saturated carbocycles. The molecule has 0 aliphatic heterocycles. The Morgan fingerprint density at radius 2 is 1.83 bits per heavy atom. The summed E-state index contributed by atoms with van der Waals surface area (Å²) < 4.78 is 29.8. The van der Waals surface area contributed by atoms with E-state index in [0.717, 1.165) is 5.56 Å². The zero-order chi connectivity index (χ0) is 16.9. The number of nitrogens with zero attached hydrogens (tertiary/aromatic N) is 1. The summed E-state index contributed by atoms with van der Waals surface area (Å²) >= 11 is 0. The van der Waals surface area contributed by atoms with Gasteiger partial charge in [-0.1, -0.05) is 29.8 Å². The molecule has 0 bridgehead atoms. The highest BCUT2D eigenvalue weighted by Crippen LogP contribution is 2.18. The molecule has 0 saturated heterocycles. The minimum atomic E-state index is -3.59. The SMILES string of the molecule is Cc1ccc(S(=O)(=O)CC(O)COc2ccccc2C#N)cc1. The van der Waals surface area contributed by atoms with Gasteiger partial charge >= 0.3 is 0 Å². The van der Waals surface area contributed by atoms with Crippen LogP contribution in [0.2, 0.25) is 0 Å². The molecule has 5 nitrogen and oxygen atoms in total. The molecule has 1 unspecified atom stereocenters. The molecule has 0 aromatic heterocycles. The van der Waals surface area contributed by atoms with Crippen molar-refractivity contribution in [2.24, 2.45) is 0 Å². The molecule has 1 atom stereocenters. The second kappa shape index (κ2) is 7.27. The number of aliphatic hydroxyl groups is 1. The fourth-order valence-electron chi connectivity index (χ4n) is 2.01. The number of para-hydroxylation sites is 1. The second-order valence-corrected chi connectivity index (χ2v) is 7.20. The maximum absolute atomic E-state index is 12.2. The summed E-state index contributed by atoms with van der Waals surface area (Å²) in [6, 6.07) is 15.0. The fraction of sp³-hybridized carbons (Fsp3) is 0.235. The minimum absolute atomic E-state index is 0.166. The number of nitriles is 1. The van der Waals surface area contributed by atoms with Gasteiger partial charge in [0.25, 0.3) is 0 Å². The summed E-state index contributed by atoms with van der Waals surface area (Å²) in [6.07, 6.45) is -1.19. The van der Waals surface area contributed by atoms with Crippen molar-refractivity contribution < 1.29 is 18.3 Å². The summed E-state index contributed by atoms with van der Waals surface area (Å²) in [5.74, 6) is -0.119. The molecular formula is C17H17NO4S. The van der Waals surface area contributed by atoms with Crippen molar-refractivity contribution in [1.29, 1.82) is 5.26 Å². The van der Waals surface area contributed by atoms with Gasteiger partial charge in [-0.2, -0.15) is 5.26 Å². The zero-order valence-electron chi connectivity index (χ0n) is 12.6. The van der Waals surface area contributed by atoms with Crippen LogP contribution in [0.5, 0.6) is 5.75 Å². The highest BCUT2D eigenvalue weighted by molar-refractivity contribution is 7.91. The van der Waals surface area contributed by atoms with Gasteiger partial charge in [0.2, 0.25) is 0 Å². The summed E-state index contributed by atoms with van der Waals surface area (Å²) in [7, 11) is -3.59. The van der Waals surface area contributed by atoms with Gasteiger partial charge in [0.1, 0.15) is 24.5 Å². The lowest BCUT2D eigenvalue weighted by Gasteiger charge is -2.13. The Morgan fingerprint density at radius 3 is 2.48 bits per heavy atom. The standard InChI is InChI=1S/C17H17NO4S/c1-13-6-8-16(9-7-13)23(20,21)12-15(19)11-22-17-5-3-2-4-14(17)10-18/h2-9,15,19H,11-12H2,1H3. The number of ether oxygens (including phenoxy) is 1. The molecule has 0 heterocycles. The average Bonchev–Trinajstić information content (AvgIpc) is 2.53. The third-order valence-corrected chi connectivity index (χ3v) is 5.04. The largest absolute Gasteiger partial charge is 0.489 e. The van der Waals surface area contributed by atoms with Crippen molar-refractivity contribution in [2.75, 3.05) is 12.4 Å². The van der Waals surface area contributed by atoms with Crippen LogP contribution in [0.1, 0.15) is 11.1 Å². The number of sulfone groups is 1. The van der Waals surface area contributed by atoms with E-state index in [4.69, 9.17) is 10.00 Å². The number of aryl methyl sites for hydroxylation is 1. The van der Waals surface area contributed by atoms with Crippen molar-refractivity contribution >= 4 is 9.84 Å². The van der Waals surface area contributed by atoms with Gasteiger partial charge in [-0.05, 0) is 31.2 Å². The molecule has 6 heteroatoms. The van der Waals surface area contributed by atoms with Gasteiger partial charge < -0.3 is 9.84 Å². The fourth-order valence-corrected chi connectivity index (χ4v) is 3.36. The van der Waals surface area contributed by atoms with Crippen LogP contribution < -0.4 is 4.74 Å². The first-order chi connectivity index (χ1) is 10.9. The van der Waals surface area contributed by atoms with Gasteiger partial charge in [0, 0.05) is 0 Å². The molecule has 2 aromatic rings. The second-order valence-electron chi connectivity index (χ2n) is 5.17. The van der Waals surface area contributed by atoms with Crippen molar-refractivity contribution in [2.45, 2.75) is 17.9 Å². The molecule has 1 N–H and O–H groups in total. The minimum Gasteiger partial charge on any atom is -0.489 e. The lowest BCUT2D eigenvalue weighted by atomic mass is 10.2. The highest BCUT2D eigenvalue weighted by Gasteiger charge is 2.20.